The van der Waals surface area contributed by atoms with Crippen LogP contribution < -0.4 is 10.2 Å². The second-order valence-corrected chi connectivity index (χ2v) is 6.84. The Morgan fingerprint density at radius 1 is 1.10 bits per heavy atom. The number of nitro benzene ring substituents is 1. The summed E-state index contributed by atoms with van der Waals surface area (Å²) in [6.45, 7) is 3.47. The maximum Gasteiger partial charge on any atom is 0.293 e. The number of piperazine rings is 1. The smallest absolute Gasteiger partial charge is 0.293 e. The molecular weight excluding hydrogens is 390 g/mol. The van der Waals surface area contributed by atoms with Gasteiger partial charge in [-0.3, -0.25) is 19.7 Å². The van der Waals surface area contributed by atoms with Crippen LogP contribution in [0.15, 0.2) is 42.7 Å². The quantitative estimate of drug-likeness (QED) is 0.512. The minimum Gasteiger partial charge on any atom is -0.362 e. The lowest BCUT2D eigenvalue weighted by molar-refractivity contribution is -0.384. The summed E-state index contributed by atoms with van der Waals surface area (Å²) in [5.74, 6) is -0.102. The first kappa shape index (κ1) is 19.3. The van der Waals surface area contributed by atoms with Gasteiger partial charge in [-0.2, -0.15) is 9.61 Å². The van der Waals surface area contributed by atoms with Gasteiger partial charge in [0.25, 0.3) is 11.6 Å². The number of carbonyl (C=O) groups excluding carboxylic acids is 2. The Morgan fingerprint density at radius 2 is 1.87 bits per heavy atom. The van der Waals surface area contributed by atoms with Crippen molar-refractivity contribution < 1.29 is 14.5 Å². The lowest BCUT2D eigenvalue weighted by Gasteiger charge is -2.35. The molecular formula is C19H19N7O4. The topological polar surface area (TPSA) is 126 Å². The third-order valence-electron chi connectivity index (χ3n) is 5.03. The average molecular weight is 409 g/mol. The number of hydrogen-bond acceptors (Lipinski definition) is 7. The second kappa shape index (κ2) is 7.78. The van der Waals surface area contributed by atoms with Crippen molar-refractivity contribution in [1.82, 2.24) is 19.5 Å². The van der Waals surface area contributed by atoms with E-state index in [1.807, 2.05) is 4.90 Å². The van der Waals surface area contributed by atoms with Crippen LogP contribution in [0.2, 0.25) is 0 Å². The van der Waals surface area contributed by atoms with Crippen LogP contribution in [0.25, 0.3) is 5.65 Å². The predicted molar refractivity (Wildman–Crippen MR) is 109 cm³/mol. The Bertz CT molecular complexity index is 1130. The summed E-state index contributed by atoms with van der Waals surface area (Å²) in [4.78, 5) is 43.1. The molecule has 154 valence electrons. The van der Waals surface area contributed by atoms with Crippen LogP contribution in [0, 0.1) is 10.1 Å². The molecule has 0 radical (unpaired) electrons. The van der Waals surface area contributed by atoms with E-state index in [4.69, 9.17) is 0 Å². The summed E-state index contributed by atoms with van der Waals surface area (Å²) in [5, 5.41) is 18.5. The number of carbonyl (C=O) groups is 2. The maximum absolute atomic E-state index is 12.7. The molecule has 3 heterocycles. The third-order valence-corrected chi connectivity index (χ3v) is 5.03. The van der Waals surface area contributed by atoms with Gasteiger partial charge in [-0.25, -0.2) is 4.98 Å². The molecule has 11 heteroatoms. The highest BCUT2D eigenvalue weighted by Crippen LogP contribution is 2.30. The molecule has 0 saturated carbocycles. The number of aromatic nitrogens is 3. The second-order valence-electron chi connectivity index (χ2n) is 6.84. The van der Waals surface area contributed by atoms with Gasteiger partial charge in [0.1, 0.15) is 11.5 Å². The van der Waals surface area contributed by atoms with Crippen LogP contribution in [0.5, 0.6) is 0 Å². The number of nitrogens with one attached hydrogen (secondary N) is 1. The van der Waals surface area contributed by atoms with Crippen LogP contribution >= 0.6 is 0 Å². The lowest BCUT2D eigenvalue weighted by Crippen LogP contribution is -2.48. The van der Waals surface area contributed by atoms with Gasteiger partial charge in [0.15, 0.2) is 5.65 Å². The van der Waals surface area contributed by atoms with Gasteiger partial charge in [-0.1, -0.05) is 0 Å². The Labute approximate surface area is 171 Å². The fourth-order valence-corrected chi connectivity index (χ4v) is 3.46. The average Bonchev–Trinajstić information content (AvgIpc) is 3.23. The van der Waals surface area contributed by atoms with Crippen molar-refractivity contribution in [3.63, 3.8) is 0 Å². The molecule has 0 unspecified atom stereocenters. The number of fused-ring (bicyclic) bond motifs is 1. The molecule has 2 amide bonds. The molecule has 4 rings (SSSR count). The minimum absolute atomic E-state index is 0.0152. The molecule has 0 atom stereocenters. The van der Waals surface area contributed by atoms with Crippen molar-refractivity contribution >= 4 is 34.7 Å². The van der Waals surface area contributed by atoms with Crippen molar-refractivity contribution in [2.45, 2.75) is 6.92 Å². The number of hydrogen-bond donors (Lipinski definition) is 1. The lowest BCUT2D eigenvalue weighted by atomic mass is 10.1. The van der Waals surface area contributed by atoms with Crippen molar-refractivity contribution in [2.24, 2.45) is 0 Å². The van der Waals surface area contributed by atoms with Gasteiger partial charge in [-0.05, 0) is 18.2 Å². The Kier molecular flexibility index (Phi) is 5.00. The fourth-order valence-electron chi connectivity index (χ4n) is 3.46. The molecule has 1 aliphatic rings. The zero-order chi connectivity index (χ0) is 21.3. The molecule has 0 spiro atoms. The first-order chi connectivity index (χ1) is 14.4. The van der Waals surface area contributed by atoms with Crippen LogP contribution in [0.1, 0.15) is 17.3 Å². The predicted octanol–water partition coefficient (Wildman–Crippen LogP) is 1.56. The minimum atomic E-state index is -0.498. The molecule has 11 nitrogen and oxygen atoms in total. The first-order valence-electron chi connectivity index (χ1n) is 9.33. The molecule has 1 saturated heterocycles. The number of nitro groups is 1. The first-order valence-corrected chi connectivity index (χ1v) is 9.33. The van der Waals surface area contributed by atoms with Crippen LogP contribution in [-0.2, 0) is 4.79 Å². The van der Waals surface area contributed by atoms with Crippen molar-refractivity contribution in [2.75, 3.05) is 36.4 Å². The molecule has 30 heavy (non-hydrogen) atoms. The number of rotatable bonds is 4. The van der Waals surface area contributed by atoms with Gasteiger partial charge in [-0.15, -0.1) is 0 Å². The summed E-state index contributed by atoms with van der Waals surface area (Å²) in [7, 11) is 0. The SMILES string of the molecule is CC(=O)N1CCN(c2ccc(C(=O)Nc3ccnc4ccnn34)cc2[N+](=O)[O-])CC1. The van der Waals surface area contributed by atoms with Crippen molar-refractivity contribution in [1.29, 1.82) is 0 Å². The van der Waals surface area contributed by atoms with Crippen molar-refractivity contribution in [3.8, 4) is 0 Å². The normalized spacial score (nSPS) is 14.0. The molecule has 2 aromatic heterocycles. The van der Waals surface area contributed by atoms with Crippen LogP contribution in [0.3, 0.4) is 0 Å². The Hall–Kier alpha value is -4.02. The number of amides is 2. The number of anilines is 2. The summed E-state index contributed by atoms with van der Waals surface area (Å²) in [5.41, 5.74) is 1.000. The van der Waals surface area contributed by atoms with Crippen LogP contribution in [0.4, 0.5) is 17.2 Å². The highest BCUT2D eigenvalue weighted by atomic mass is 16.6. The summed E-state index contributed by atoms with van der Waals surface area (Å²) >= 11 is 0. The number of benzene rings is 1. The summed E-state index contributed by atoms with van der Waals surface area (Å²) < 4.78 is 1.47. The van der Waals surface area contributed by atoms with E-state index in [1.54, 1.807) is 41.6 Å². The van der Waals surface area contributed by atoms with Crippen molar-refractivity contribution in [3.05, 3.63) is 58.4 Å². The monoisotopic (exact) mass is 409 g/mol. The van der Waals surface area contributed by atoms with E-state index >= 15 is 0 Å². The van der Waals surface area contributed by atoms with Gasteiger partial charge < -0.3 is 15.1 Å². The highest BCUT2D eigenvalue weighted by Gasteiger charge is 2.26. The molecule has 3 aromatic rings. The molecule has 1 aromatic carbocycles. The van der Waals surface area contributed by atoms with E-state index in [1.165, 1.54) is 17.5 Å². The van der Waals surface area contributed by atoms with Crippen LogP contribution in [-0.4, -0.2) is 62.4 Å². The molecule has 0 bridgehead atoms. The summed E-state index contributed by atoms with van der Waals surface area (Å²) in [6.07, 6.45) is 3.10. The molecule has 1 aliphatic heterocycles. The van der Waals surface area contributed by atoms with E-state index in [9.17, 15) is 19.7 Å². The van der Waals surface area contributed by atoms with E-state index in [0.29, 0.717) is 43.3 Å². The maximum atomic E-state index is 12.7. The third kappa shape index (κ3) is 3.64. The molecule has 1 N–H and O–H groups in total. The van der Waals surface area contributed by atoms with E-state index in [2.05, 4.69) is 15.4 Å². The van der Waals surface area contributed by atoms with Gasteiger partial charge in [0.2, 0.25) is 5.91 Å². The highest BCUT2D eigenvalue weighted by molar-refractivity contribution is 6.04. The standard InChI is InChI=1S/C19H19N7O4/c1-13(27)23-8-10-24(11-9-23)15-3-2-14(12-16(15)26(29)30)19(28)22-18-4-6-20-17-5-7-21-25(17)18/h2-7,12H,8-11H2,1H3,(H,22,28). The van der Waals surface area contributed by atoms with E-state index < -0.39 is 10.8 Å². The zero-order valence-electron chi connectivity index (χ0n) is 16.2. The van der Waals surface area contributed by atoms with Gasteiger partial charge >= 0.3 is 0 Å². The van der Waals surface area contributed by atoms with E-state index in [0.717, 1.165) is 0 Å². The number of nitrogens with zero attached hydrogens (tertiary/aromatic N) is 6. The van der Waals surface area contributed by atoms with Gasteiger partial charge in [0, 0.05) is 57.0 Å². The Balaban J connectivity index is 1.57. The molecule has 1 fully saturated rings. The Morgan fingerprint density at radius 3 is 2.57 bits per heavy atom. The largest absolute Gasteiger partial charge is 0.362 e. The fraction of sp³-hybridized carbons (Fsp3) is 0.263. The van der Waals surface area contributed by atoms with Gasteiger partial charge in [0.05, 0.1) is 11.1 Å². The van der Waals surface area contributed by atoms with E-state index in [-0.39, 0.29) is 17.2 Å². The summed E-state index contributed by atoms with van der Waals surface area (Å²) in [6, 6.07) is 7.68. The molecule has 0 aliphatic carbocycles. The zero-order valence-corrected chi connectivity index (χ0v) is 16.2.